The summed E-state index contributed by atoms with van der Waals surface area (Å²) in [6, 6.07) is 1.24. The smallest absolute Gasteiger partial charge is 0.328 e. The lowest BCUT2D eigenvalue weighted by Crippen LogP contribution is -2.41. The minimum absolute atomic E-state index is 0.0326. The van der Waals surface area contributed by atoms with Crippen LogP contribution in [0.3, 0.4) is 0 Å². The zero-order valence-electron chi connectivity index (χ0n) is 12.5. The van der Waals surface area contributed by atoms with E-state index in [1.165, 1.54) is 0 Å². The van der Waals surface area contributed by atoms with Crippen molar-refractivity contribution in [2.75, 3.05) is 7.11 Å². The second-order valence-corrected chi connectivity index (χ2v) is 4.55. The van der Waals surface area contributed by atoms with Gasteiger partial charge in [0.1, 0.15) is 12.3 Å². The predicted molar refractivity (Wildman–Crippen MR) is 78.3 cm³/mol. The third-order valence-corrected chi connectivity index (χ3v) is 2.95. The Morgan fingerprint density at radius 3 is 2.17 bits per heavy atom. The minimum Gasteiger partial charge on any atom is -0.467 e. The van der Waals surface area contributed by atoms with E-state index in [1.807, 2.05) is 0 Å². The number of nitro groups is 2. The first-order chi connectivity index (χ1) is 11.3. The molecule has 1 aromatic rings. The number of methoxy groups -OCH3 is 1. The topological polar surface area (TPSA) is 159 Å². The van der Waals surface area contributed by atoms with Gasteiger partial charge in [-0.15, -0.1) is 0 Å². The fourth-order valence-corrected chi connectivity index (χ4v) is 1.80. The molecule has 0 aromatic heterocycles. The van der Waals surface area contributed by atoms with Gasteiger partial charge >= 0.3 is 5.97 Å². The Kier molecular flexibility index (Phi) is 6.47. The van der Waals surface area contributed by atoms with Gasteiger partial charge in [0.25, 0.3) is 17.3 Å². The summed E-state index contributed by atoms with van der Waals surface area (Å²) >= 11 is 0. The second kappa shape index (κ2) is 8.31. The molecule has 0 aliphatic carbocycles. The van der Waals surface area contributed by atoms with Crippen LogP contribution in [-0.2, 0) is 14.3 Å². The van der Waals surface area contributed by atoms with Gasteiger partial charge in [-0.3, -0.25) is 25.0 Å². The molecule has 0 saturated carbocycles. The summed E-state index contributed by atoms with van der Waals surface area (Å²) in [7, 11) is 1.08. The summed E-state index contributed by atoms with van der Waals surface area (Å²) in [5.41, 5.74) is -1.65. The van der Waals surface area contributed by atoms with Crippen molar-refractivity contribution in [3.05, 3.63) is 44.0 Å². The van der Waals surface area contributed by atoms with Crippen molar-refractivity contribution in [2.24, 2.45) is 0 Å². The van der Waals surface area contributed by atoms with Crippen molar-refractivity contribution in [1.82, 2.24) is 5.32 Å². The third-order valence-electron chi connectivity index (χ3n) is 2.95. The molecule has 0 aliphatic rings. The van der Waals surface area contributed by atoms with Crippen LogP contribution in [0.1, 0.15) is 23.2 Å². The number of carbonyl (C=O) groups is 3. The molecule has 0 heterocycles. The molecule has 0 bridgehead atoms. The number of nitrogens with zero attached hydrogens (tertiary/aromatic N) is 2. The number of nitro benzene ring substituents is 2. The Morgan fingerprint density at radius 2 is 1.75 bits per heavy atom. The molecule has 24 heavy (non-hydrogen) atoms. The molecule has 0 radical (unpaired) electrons. The quantitative estimate of drug-likeness (QED) is 0.314. The van der Waals surface area contributed by atoms with Crippen LogP contribution in [0.2, 0.25) is 0 Å². The van der Waals surface area contributed by atoms with Gasteiger partial charge in [-0.2, -0.15) is 0 Å². The van der Waals surface area contributed by atoms with Gasteiger partial charge in [-0.25, -0.2) is 4.79 Å². The lowest BCUT2D eigenvalue weighted by molar-refractivity contribution is -0.394. The van der Waals surface area contributed by atoms with Crippen LogP contribution in [-0.4, -0.2) is 41.2 Å². The van der Waals surface area contributed by atoms with Crippen LogP contribution >= 0.6 is 0 Å². The maximum absolute atomic E-state index is 12.1. The van der Waals surface area contributed by atoms with Crippen molar-refractivity contribution in [3.63, 3.8) is 0 Å². The van der Waals surface area contributed by atoms with Crippen LogP contribution in [0.25, 0.3) is 0 Å². The molecule has 0 unspecified atom stereocenters. The molecule has 128 valence electrons. The van der Waals surface area contributed by atoms with Gasteiger partial charge in [-0.1, -0.05) is 0 Å². The minimum atomic E-state index is -1.16. The van der Waals surface area contributed by atoms with Crippen LogP contribution < -0.4 is 5.32 Å². The van der Waals surface area contributed by atoms with Gasteiger partial charge in [0, 0.05) is 18.6 Å². The fraction of sp³-hybridized carbons (Fsp3) is 0.308. The van der Waals surface area contributed by atoms with Crippen LogP contribution in [0.5, 0.6) is 0 Å². The number of esters is 1. The molecule has 11 nitrogen and oxygen atoms in total. The van der Waals surface area contributed by atoms with Gasteiger partial charge < -0.3 is 14.8 Å². The van der Waals surface area contributed by atoms with Crippen molar-refractivity contribution in [2.45, 2.75) is 18.9 Å². The molecule has 1 rings (SSSR count). The number of non-ortho nitro benzene ring substituents is 2. The van der Waals surface area contributed by atoms with E-state index in [-0.39, 0.29) is 18.4 Å². The third kappa shape index (κ3) is 4.83. The zero-order chi connectivity index (χ0) is 18.3. The highest BCUT2D eigenvalue weighted by molar-refractivity contribution is 5.98. The summed E-state index contributed by atoms with van der Waals surface area (Å²) in [6.45, 7) is 0. The lowest BCUT2D eigenvalue weighted by atomic mass is 10.1. The van der Waals surface area contributed by atoms with E-state index in [4.69, 9.17) is 0 Å². The Bertz CT molecular complexity index is 656. The molecule has 0 saturated heterocycles. The van der Waals surface area contributed by atoms with Crippen LogP contribution in [0.4, 0.5) is 11.4 Å². The number of carbonyl (C=O) groups excluding carboxylic acids is 3. The summed E-state index contributed by atoms with van der Waals surface area (Å²) in [5, 5.41) is 23.8. The Labute approximate surface area is 134 Å². The standard InChI is InChI=1S/C13H13N3O8/c1-24-13(19)11(3-2-4-17)14-12(18)8-5-9(15(20)21)7-10(6-8)16(22)23/h4-7,11H,2-3H2,1H3,(H,14,18)/t11-/m1/s1. The SMILES string of the molecule is COC(=O)[C@@H](CCC=O)NC(=O)c1cc([N+](=O)[O-])cc([N+](=O)[O-])c1. The molecule has 1 atom stereocenters. The average Bonchev–Trinajstić information content (AvgIpc) is 2.56. The van der Waals surface area contributed by atoms with E-state index in [9.17, 15) is 34.6 Å². The first kappa shape index (κ1) is 18.7. The summed E-state index contributed by atoms with van der Waals surface area (Å²) in [4.78, 5) is 54.0. The van der Waals surface area contributed by atoms with Crippen LogP contribution in [0.15, 0.2) is 18.2 Å². The number of hydrogen-bond acceptors (Lipinski definition) is 8. The first-order valence-electron chi connectivity index (χ1n) is 6.56. The molecular weight excluding hydrogens is 326 g/mol. The average molecular weight is 339 g/mol. The zero-order valence-corrected chi connectivity index (χ0v) is 12.5. The fourth-order valence-electron chi connectivity index (χ4n) is 1.80. The van der Waals surface area contributed by atoms with Gasteiger partial charge in [0.2, 0.25) is 0 Å². The molecular formula is C13H13N3O8. The number of ether oxygens (including phenoxy) is 1. The predicted octanol–water partition coefficient (Wildman–Crippen LogP) is 0.753. The van der Waals surface area contributed by atoms with Crippen molar-refractivity contribution in [1.29, 1.82) is 0 Å². The highest BCUT2D eigenvalue weighted by Gasteiger charge is 2.25. The molecule has 1 amide bonds. The summed E-state index contributed by atoms with van der Waals surface area (Å²) < 4.78 is 4.48. The van der Waals surface area contributed by atoms with Crippen LogP contribution in [0, 0.1) is 20.2 Å². The van der Waals surface area contributed by atoms with E-state index in [0.29, 0.717) is 12.4 Å². The van der Waals surface area contributed by atoms with Crippen molar-refractivity contribution >= 4 is 29.5 Å². The normalized spacial score (nSPS) is 11.2. The molecule has 1 N–H and O–H groups in total. The van der Waals surface area contributed by atoms with E-state index in [2.05, 4.69) is 10.1 Å². The molecule has 0 spiro atoms. The largest absolute Gasteiger partial charge is 0.467 e. The number of aldehydes is 1. The second-order valence-electron chi connectivity index (χ2n) is 4.55. The highest BCUT2D eigenvalue weighted by Crippen LogP contribution is 2.22. The highest BCUT2D eigenvalue weighted by atomic mass is 16.6. The van der Waals surface area contributed by atoms with E-state index < -0.39 is 39.1 Å². The Hall–Kier alpha value is -3.37. The Morgan fingerprint density at radius 1 is 1.21 bits per heavy atom. The molecule has 11 heteroatoms. The lowest BCUT2D eigenvalue weighted by Gasteiger charge is -2.15. The van der Waals surface area contributed by atoms with E-state index in [0.717, 1.165) is 19.2 Å². The molecule has 1 aromatic carbocycles. The Balaban J connectivity index is 3.11. The van der Waals surface area contributed by atoms with E-state index >= 15 is 0 Å². The maximum atomic E-state index is 12.1. The van der Waals surface area contributed by atoms with Gasteiger partial charge in [0.15, 0.2) is 0 Å². The van der Waals surface area contributed by atoms with Gasteiger partial charge in [0.05, 0.1) is 28.6 Å². The number of benzene rings is 1. The van der Waals surface area contributed by atoms with Gasteiger partial charge in [-0.05, 0) is 6.42 Å². The number of rotatable bonds is 8. The molecule has 0 aliphatic heterocycles. The summed E-state index contributed by atoms with van der Waals surface area (Å²) in [5.74, 6) is -1.76. The number of hydrogen-bond donors (Lipinski definition) is 1. The monoisotopic (exact) mass is 339 g/mol. The van der Waals surface area contributed by atoms with Crippen molar-refractivity contribution < 1.29 is 29.0 Å². The summed E-state index contributed by atoms with van der Waals surface area (Å²) in [6.07, 6.45) is 0.467. The molecule has 0 fully saturated rings. The van der Waals surface area contributed by atoms with E-state index in [1.54, 1.807) is 0 Å². The first-order valence-corrected chi connectivity index (χ1v) is 6.56. The number of amides is 1. The maximum Gasteiger partial charge on any atom is 0.328 e. The van der Waals surface area contributed by atoms with Crippen molar-refractivity contribution in [3.8, 4) is 0 Å². The number of nitrogens with one attached hydrogen (secondary N) is 1.